The summed E-state index contributed by atoms with van der Waals surface area (Å²) in [5.41, 5.74) is -1.37. The first-order chi connectivity index (χ1) is 6.45. The van der Waals surface area contributed by atoms with Gasteiger partial charge in [0.25, 0.3) is 0 Å². The monoisotopic (exact) mass is 206 g/mol. The predicted octanol–water partition coefficient (Wildman–Crippen LogP) is -0.496. The molecule has 1 aliphatic rings. The Morgan fingerprint density at radius 1 is 1.29 bits per heavy atom. The first-order valence-corrected chi connectivity index (χ1v) is 4.56. The minimum atomic E-state index is -1.37. The molecule has 1 heterocycles. The molecule has 0 unspecified atom stereocenters. The quantitative estimate of drug-likeness (QED) is 0.638. The zero-order valence-corrected chi connectivity index (χ0v) is 8.93. The molecule has 0 amide bonds. The third kappa shape index (κ3) is 1.78. The van der Waals surface area contributed by atoms with Gasteiger partial charge in [0.05, 0.1) is 6.10 Å². The summed E-state index contributed by atoms with van der Waals surface area (Å²) < 4.78 is 15.4. The molecule has 0 aromatic carbocycles. The van der Waals surface area contributed by atoms with Crippen LogP contribution in [0.25, 0.3) is 0 Å². The number of aliphatic hydroxyl groups excluding tert-OH is 1. The van der Waals surface area contributed by atoms with Crippen molar-refractivity contribution >= 4 is 0 Å². The average Bonchev–Trinajstić information content (AvgIpc) is 2.13. The normalized spacial score (nSPS) is 49.3. The van der Waals surface area contributed by atoms with Crippen molar-refractivity contribution in [2.45, 2.75) is 44.1 Å². The molecule has 0 aromatic rings. The SMILES string of the molecule is CO[C@@H]1O[C@@H](C)[C@@H](O)[C@@](C)(O)[C@H]1OC. The summed E-state index contributed by atoms with van der Waals surface area (Å²) in [6.45, 7) is 3.19. The fraction of sp³-hybridized carbons (Fsp3) is 1.00. The van der Waals surface area contributed by atoms with Gasteiger partial charge in [-0.3, -0.25) is 0 Å². The van der Waals surface area contributed by atoms with E-state index in [0.29, 0.717) is 0 Å². The van der Waals surface area contributed by atoms with Crippen molar-refractivity contribution in [1.29, 1.82) is 0 Å². The second kappa shape index (κ2) is 4.12. The molecule has 14 heavy (non-hydrogen) atoms. The number of ether oxygens (including phenoxy) is 3. The highest BCUT2D eigenvalue weighted by atomic mass is 16.7. The number of hydrogen-bond acceptors (Lipinski definition) is 5. The summed E-state index contributed by atoms with van der Waals surface area (Å²) in [6.07, 6.45) is -2.83. The van der Waals surface area contributed by atoms with Gasteiger partial charge in [-0.25, -0.2) is 0 Å². The minimum absolute atomic E-state index is 0.485. The Hall–Kier alpha value is -0.200. The highest BCUT2D eigenvalue weighted by Crippen LogP contribution is 2.31. The zero-order valence-electron chi connectivity index (χ0n) is 8.93. The van der Waals surface area contributed by atoms with Crippen LogP contribution in [0.2, 0.25) is 0 Å². The van der Waals surface area contributed by atoms with E-state index in [2.05, 4.69) is 0 Å². The van der Waals surface area contributed by atoms with Crippen molar-refractivity contribution in [3.63, 3.8) is 0 Å². The number of methoxy groups -OCH3 is 2. The Morgan fingerprint density at radius 3 is 2.29 bits per heavy atom. The lowest BCUT2D eigenvalue weighted by atomic mass is 9.86. The summed E-state index contributed by atoms with van der Waals surface area (Å²) in [6, 6.07) is 0. The molecule has 0 aromatic heterocycles. The van der Waals surface area contributed by atoms with Crippen LogP contribution in [0.1, 0.15) is 13.8 Å². The van der Waals surface area contributed by atoms with E-state index in [1.165, 1.54) is 21.1 Å². The Balaban J connectivity index is 2.88. The lowest BCUT2D eigenvalue weighted by Crippen LogP contribution is -2.65. The first-order valence-electron chi connectivity index (χ1n) is 4.56. The average molecular weight is 206 g/mol. The second-order valence-electron chi connectivity index (χ2n) is 3.77. The van der Waals surface area contributed by atoms with E-state index in [1.807, 2.05) is 0 Å². The molecule has 0 radical (unpaired) electrons. The highest BCUT2D eigenvalue weighted by molar-refractivity contribution is 4.98. The van der Waals surface area contributed by atoms with Gasteiger partial charge in [-0.15, -0.1) is 0 Å². The molecule has 0 aliphatic carbocycles. The van der Waals surface area contributed by atoms with Crippen molar-refractivity contribution in [3.8, 4) is 0 Å². The fourth-order valence-corrected chi connectivity index (χ4v) is 1.81. The molecule has 5 heteroatoms. The molecular formula is C9H18O5. The largest absolute Gasteiger partial charge is 0.387 e. The van der Waals surface area contributed by atoms with Crippen molar-refractivity contribution in [2.24, 2.45) is 0 Å². The van der Waals surface area contributed by atoms with Gasteiger partial charge in [0.2, 0.25) is 0 Å². The summed E-state index contributed by atoms with van der Waals surface area (Å²) in [7, 11) is 2.91. The van der Waals surface area contributed by atoms with E-state index in [-0.39, 0.29) is 0 Å². The zero-order chi connectivity index (χ0) is 10.9. The van der Waals surface area contributed by atoms with E-state index in [4.69, 9.17) is 14.2 Å². The Morgan fingerprint density at radius 2 is 1.86 bits per heavy atom. The standard InChI is InChI=1S/C9H18O5/c1-5-6(10)9(2,11)7(12-3)8(13-4)14-5/h5-8,10-11H,1-4H3/t5-,6+,7-,8+,9+/m0/s1. The maximum atomic E-state index is 10.0. The third-order valence-corrected chi connectivity index (χ3v) is 2.70. The van der Waals surface area contributed by atoms with Gasteiger partial charge in [-0.05, 0) is 13.8 Å². The summed E-state index contributed by atoms with van der Waals surface area (Å²) in [4.78, 5) is 0. The third-order valence-electron chi connectivity index (χ3n) is 2.70. The fourth-order valence-electron chi connectivity index (χ4n) is 1.81. The molecule has 0 spiro atoms. The maximum absolute atomic E-state index is 10.0. The minimum Gasteiger partial charge on any atom is -0.387 e. The van der Waals surface area contributed by atoms with Gasteiger partial charge < -0.3 is 24.4 Å². The van der Waals surface area contributed by atoms with Gasteiger partial charge in [0.15, 0.2) is 6.29 Å². The van der Waals surface area contributed by atoms with Crippen LogP contribution in [0, 0.1) is 0 Å². The van der Waals surface area contributed by atoms with Crippen LogP contribution in [0.4, 0.5) is 0 Å². The van der Waals surface area contributed by atoms with Crippen molar-refractivity contribution < 1.29 is 24.4 Å². The number of aliphatic hydroxyl groups is 2. The van der Waals surface area contributed by atoms with Gasteiger partial charge in [0.1, 0.15) is 17.8 Å². The topological polar surface area (TPSA) is 68.2 Å². The molecule has 1 aliphatic heterocycles. The Kier molecular flexibility index (Phi) is 3.49. The predicted molar refractivity (Wildman–Crippen MR) is 48.8 cm³/mol. The van der Waals surface area contributed by atoms with E-state index >= 15 is 0 Å². The maximum Gasteiger partial charge on any atom is 0.186 e. The first kappa shape index (κ1) is 11.9. The van der Waals surface area contributed by atoms with Crippen LogP contribution in [0.3, 0.4) is 0 Å². The van der Waals surface area contributed by atoms with Gasteiger partial charge in [-0.1, -0.05) is 0 Å². The molecule has 84 valence electrons. The number of hydrogen-bond donors (Lipinski definition) is 2. The molecule has 2 N–H and O–H groups in total. The summed E-state index contributed by atoms with van der Waals surface area (Å²) in [5.74, 6) is 0. The van der Waals surface area contributed by atoms with Crippen molar-refractivity contribution in [2.75, 3.05) is 14.2 Å². The lowest BCUT2D eigenvalue weighted by molar-refractivity contribution is -0.320. The van der Waals surface area contributed by atoms with E-state index < -0.39 is 30.2 Å². The molecule has 0 saturated carbocycles. The smallest absolute Gasteiger partial charge is 0.186 e. The van der Waals surface area contributed by atoms with Crippen molar-refractivity contribution in [3.05, 3.63) is 0 Å². The molecule has 1 fully saturated rings. The van der Waals surface area contributed by atoms with E-state index in [0.717, 1.165) is 0 Å². The van der Waals surface area contributed by atoms with Gasteiger partial charge in [-0.2, -0.15) is 0 Å². The number of rotatable bonds is 2. The second-order valence-corrected chi connectivity index (χ2v) is 3.77. The molecule has 5 atom stereocenters. The van der Waals surface area contributed by atoms with E-state index in [9.17, 15) is 10.2 Å². The van der Waals surface area contributed by atoms with Gasteiger partial charge >= 0.3 is 0 Å². The van der Waals surface area contributed by atoms with Crippen LogP contribution in [0.15, 0.2) is 0 Å². The Labute approximate surface area is 83.6 Å². The molecular weight excluding hydrogens is 188 g/mol. The van der Waals surface area contributed by atoms with Crippen LogP contribution in [-0.4, -0.2) is 54.6 Å². The molecule has 0 bridgehead atoms. The van der Waals surface area contributed by atoms with Crippen LogP contribution < -0.4 is 0 Å². The summed E-state index contributed by atoms with van der Waals surface area (Å²) >= 11 is 0. The molecule has 1 rings (SSSR count). The highest BCUT2D eigenvalue weighted by Gasteiger charge is 2.51. The molecule has 5 nitrogen and oxygen atoms in total. The molecule has 1 saturated heterocycles. The van der Waals surface area contributed by atoms with Crippen LogP contribution >= 0.6 is 0 Å². The Bertz CT molecular complexity index is 194. The van der Waals surface area contributed by atoms with Gasteiger partial charge in [0, 0.05) is 14.2 Å². The van der Waals surface area contributed by atoms with Crippen molar-refractivity contribution in [1.82, 2.24) is 0 Å². The van der Waals surface area contributed by atoms with Crippen LogP contribution in [-0.2, 0) is 14.2 Å². The summed E-state index contributed by atoms with van der Waals surface area (Å²) in [5, 5.41) is 19.7. The van der Waals surface area contributed by atoms with Crippen LogP contribution in [0.5, 0.6) is 0 Å². The lowest BCUT2D eigenvalue weighted by Gasteiger charge is -2.46. The van der Waals surface area contributed by atoms with E-state index in [1.54, 1.807) is 6.92 Å².